The standard InChI is InChI=1S/C22H22F2O/c1-3-4-5-6-15-7-8-17-14-20(22(24)21(23)19(17)13-15)16-9-11-18(25-2)12-10-16/h7-14H,3-6H2,1-2H3. The monoisotopic (exact) mass is 340 g/mol. The van der Waals surface area contributed by atoms with Crippen molar-refractivity contribution in [3.63, 3.8) is 0 Å². The molecule has 3 rings (SSSR count). The Kier molecular flexibility index (Phi) is 5.32. The number of hydrogen-bond acceptors (Lipinski definition) is 1. The number of hydrogen-bond donors (Lipinski definition) is 0. The first-order valence-electron chi connectivity index (χ1n) is 8.69. The highest BCUT2D eigenvalue weighted by molar-refractivity contribution is 5.89. The molecule has 0 spiro atoms. The molecule has 0 heterocycles. The zero-order valence-corrected chi connectivity index (χ0v) is 14.6. The van der Waals surface area contributed by atoms with Crippen molar-refractivity contribution >= 4 is 10.8 Å². The van der Waals surface area contributed by atoms with Crippen molar-refractivity contribution < 1.29 is 13.5 Å². The first kappa shape index (κ1) is 17.4. The second-order valence-electron chi connectivity index (χ2n) is 6.29. The summed E-state index contributed by atoms with van der Waals surface area (Å²) in [5.41, 5.74) is 1.95. The minimum absolute atomic E-state index is 0.270. The smallest absolute Gasteiger partial charge is 0.167 e. The summed E-state index contributed by atoms with van der Waals surface area (Å²) in [6, 6.07) is 14.3. The summed E-state index contributed by atoms with van der Waals surface area (Å²) in [6.45, 7) is 2.15. The van der Waals surface area contributed by atoms with Gasteiger partial charge in [-0.25, -0.2) is 8.78 Å². The van der Waals surface area contributed by atoms with E-state index in [-0.39, 0.29) is 5.56 Å². The van der Waals surface area contributed by atoms with Crippen molar-refractivity contribution in [2.24, 2.45) is 0 Å². The largest absolute Gasteiger partial charge is 0.497 e. The van der Waals surface area contributed by atoms with E-state index in [4.69, 9.17) is 4.74 Å². The Morgan fingerprint density at radius 2 is 1.64 bits per heavy atom. The van der Waals surface area contributed by atoms with Gasteiger partial charge in [-0.05, 0) is 53.6 Å². The Morgan fingerprint density at radius 1 is 0.880 bits per heavy atom. The number of fused-ring (bicyclic) bond motifs is 1. The highest BCUT2D eigenvalue weighted by Crippen LogP contribution is 2.32. The van der Waals surface area contributed by atoms with Crippen LogP contribution in [-0.4, -0.2) is 7.11 Å². The number of rotatable bonds is 6. The van der Waals surface area contributed by atoms with Gasteiger partial charge in [0, 0.05) is 10.9 Å². The van der Waals surface area contributed by atoms with E-state index in [1.165, 1.54) is 0 Å². The van der Waals surface area contributed by atoms with Crippen LogP contribution in [0.5, 0.6) is 5.75 Å². The molecule has 0 radical (unpaired) electrons. The summed E-state index contributed by atoms with van der Waals surface area (Å²) >= 11 is 0. The lowest BCUT2D eigenvalue weighted by Crippen LogP contribution is -1.94. The van der Waals surface area contributed by atoms with Gasteiger partial charge in [-0.15, -0.1) is 0 Å². The van der Waals surface area contributed by atoms with E-state index in [1.54, 1.807) is 43.5 Å². The zero-order valence-electron chi connectivity index (χ0n) is 14.6. The lowest BCUT2D eigenvalue weighted by molar-refractivity contribution is 0.415. The van der Waals surface area contributed by atoms with Gasteiger partial charge in [-0.1, -0.05) is 44.0 Å². The fourth-order valence-electron chi connectivity index (χ4n) is 3.09. The van der Waals surface area contributed by atoms with E-state index in [1.807, 2.05) is 12.1 Å². The van der Waals surface area contributed by atoms with Crippen LogP contribution in [0.2, 0.25) is 0 Å². The van der Waals surface area contributed by atoms with Crippen molar-refractivity contribution in [1.82, 2.24) is 0 Å². The normalized spacial score (nSPS) is 11.0. The molecular weight excluding hydrogens is 318 g/mol. The molecule has 3 heteroatoms. The highest BCUT2D eigenvalue weighted by atomic mass is 19.2. The van der Waals surface area contributed by atoms with E-state index in [2.05, 4.69) is 6.92 Å². The van der Waals surface area contributed by atoms with Crippen LogP contribution in [0.15, 0.2) is 48.5 Å². The molecule has 0 aromatic heterocycles. The number of aryl methyl sites for hydroxylation is 1. The Hall–Kier alpha value is -2.42. The van der Waals surface area contributed by atoms with Gasteiger partial charge in [0.25, 0.3) is 0 Å². The van der Waals surface area contributed by atoms with Gasteiger partial charge in [0.2, 0.25) is 0 Å². The molecule has 130 valence electrons. The van der Waals surface area contributed by atoms with Crippen LogP contribution in [0.1, 0.15) is 31.7 Å². The molecule has 0 saturated heterocycles. The average Bonchev–Trinajstić information content (AvgIpc) is 2.65. The van der Waals surface area contributed by atoms with Gasteiger partial charge in [0.15, 0.2) is 11.6 Å². The fraction of sp³-hybridized carbons (Fsp3) is 0.273. The van der Waals surface area contributed by atoms with Crippen LogP contribution in [0.3, 0.4) is 0 Å². The minimum Gasteiger partial charge on any atom is -0.497 e. The van der Waals surface area contributed by atoms with Gasteiger partial charge >= 0.3 is 0 Å². The number of unbranched alkanes of at least 4 members (excludes halogenated alkanes) is 2. The van der Waals surface area contributed by atoms with Crippen molar-refractivity contribution in [3.05, 3.63) is 65.7 Å². The fourth-order valence-corrected chi connectivity index (χ4v) is 3.09. The molecule has 0 aliphatic carbocycles. The van der Waals surface area contributed by atoms with Gasteiger partial charge in [-0.2, -0.15) is 0 Å². The van der Waals surface area contributed by atoms with Crippen LogP contribution >= 0.6 is 0 Å². The zero-order chi connectivity index (χ0) is 17.8. The third-order valence-corrected chi connectivity index (χ3v) is 4.55. The highest BCUT2D eigenvalue weighted by Gasteiger charge is 2.15. The summed E-state index contributed by atoms with van der Waals surface area (Å²) < 4.78 is 34.4. The second kappa shape index (κ2) is 7.64. The van der Waals surface area contributed by atoms with Gasteiger partial charge in [-0.3, -0.25) is 0 Å². The molecule has 0 atom stereocenters. The van der Waals surface area contributed by atoms with Crippen molar-refractivity contribution in [2.45, 2.75) is 32.6 Å². The van der Waals surface area contributed by atoms with Crippen molar-refractivity contribution in [3.8, 4) is 16.9 Å². The Labute approximate surface area is 147 Å². The molecule has 0 fully saturated rings. The summed E-state index contributed by atoms with van der Waals surface area (Å²) in [6.07, 6.45) is 4.24. The molecule has 3 aromatic rings. The molecule has 0 unspecified atom stereocenters. The predicted molar refractivity (Wildman–Crippen MR) is 99.1 cm³/mol. The molecule has 0 aliphatic rings. The molecule has 0 bridgehead atoms. The number of benzene rings is 3. The Morgan fingerprint density at radius 3 is 2.32 bits per heavy atom. The first-order chi connectivity index (χ1) is 12.1. The summed E-state index contributed by atoms with van der Waals surface area (Å²) in [5, 5.41) is 1.06. The minimum atomic E-state index is -0.802. The molecule has 3 aromatic carbocycles. The second-order valence-corrected chi connectivity index (χ2v) is 6.29. The van der Waals surface area contributed by atoms with Crippen molar-refractivity contribution in [2.75, 3.05) is 7.11 Å². The first-order valence-corrected chi connectivity index (χ1v) is 8.69. The Balaban J connectivity index is 2.01. The summed E-state index contributed by atoms with van der Waals surface area (Å²) in [5.74, 6) is -0.897. The molecule has 1 nitrogen and oxygen atoms in total. The van der Waals surface area contributed by atoms with Gasteiger partial charge in [0.1, 0.15) is 5.75 Å². The van der Waals surface area contributed by atoms with E-state index in [0.29, 0.717) is 22.1 Å². The molecular formula is C22H22F2O. The van der Waals surface area contributed by atoms with E-state index >= 15 is 0 Å². The predicted octanol–water partition coefficient (Wildman–Crippen LogP) is 6.53. The van der Waals surface area contributed by atoms with E-state index in [0.717, 1.165) is 31.2 Å². The molecule has 0 N–H and O–H groups in total. The van der Waals surface area contributed by atoms with Crippen molar-refractivity contribution in [1.29, 1.82) is 0 Å². The summed E-state index contributed by atoms with van der Waals surface area (Å²) in [4.78, 5) is 0. The quantitative estimate of drug-likeness (QED) is 0.464. The lowest BCUT2D eigenvalue weighted by Gasteiger charge is -2.10. The lowest BCUT2D eigenvalue weighted by atomic mass is 9.97. The SMILES string of the molecule is CCCCCc1ccc2cc(-c3ccc(OC)cc3)c(F)c(F)c2c1. The van der Waals surface area contributed by atoms with Crippen LogP contribution in [0.4, 0.5) is 8.78 Å². The topological polar surface area (TPSA) is 9.23 Å². The molecule has 0 aliphatic heterocycles. The Bertz CT molecular complexity index is 869. The van der Waals surface area contributed by atoms with Crippen LogP contribution in [0, 0.1) is 11.6 Å². The maximum Gasteiger partial charge on any atom is 0.167 e. The van der Waals surface area contributed by atoms with Crippen LogP contribution in [-0.2, 0) is 6.42 Å². The van der Waals surface area contributed by atoms with Crippen LogP contribution < -0.4 is 4.74 Å². The maximum absolute atomic E-state index is 14.7. The molecule has 25 heavy (non-hydrogen) atoms. The van der Waals surface area contributed by atoms with Crippen LogP contribution in [0.25, 0.3) is 21.9 Å². The number of ether oxygens (including phenoxy) is 1. The average molecular weight is 340 g/mol. The van der Waals surface area contributed by atoms with Gasteiger partial charge in [0.05, 0.1) is 7.11 Å². The van der Waals surface area contributed by atoms with Gasteiger partial charge < -0.3 is 4.74 Å². The molecule has 0 amide bonds. The number of halogens is 2. The third kappa shape index (κ3) is 3.65. The van der Waals surface area contributed by atoms with E-state index in [9.17, 15) is 8.78 Å². The van der Waals surface area contributed by atoms with E-state index < -0.39 is 11.6 Å². The third-order valence-electron chi connectivity index (χ3n) is 4.55. The summed E-state index contributed by atoms with van der Waals surface area (Å²) in [7, 11) is 1.57. The number of methoxy groups -OCH3 is 1. The molecule has 0 saturated carbocycles. The maximum atomic E-state index is 14.7.